The Bertz CT molecular complexity index is 711. The van der Waals surface area contributed by atoms with Gasteiger partial charge in [-0.1, -0.05) is 38.5 Å². The van der Waals surface area contributed by atoms with Crippen LogP contribution < -0.4 is 0 Å². The minimum atomic E-state index is 0.416. The molecule has 0 amide bonds. The first kappa shape index (κ1) is 19.8. The van der Waals surface area contributed by atoms with E-state index >= 15 is 0 Å². The summed E-state index contributed by atoms with van der Waals surface area (Å²) in [7, 11) is 2.17. The van der Waals surface area contributed by atoms with E-state index in [9.17, 15) is 0 Å². The van der Waals surface area contributed by atoms with E-state index in [2.05, 4.69) is 65.0 Å². The molecule has 3 rings (SSSR count). The van der Waals surface area contributed by atoms with Crippen LogP contribution in [0.15, 0.2) is 41.8 Å². The van der Waals surface area contributed by atoms with Gasteiger partial charge in [0.2, 0.25) is 0 Å². The third-order valence-corrected chi connectivity index (χ3v) is 5.90. The number of nitrogens with zero attached hydrogens (tertiary/aromatic N) is 4. The second-order valence-corrected chi connectivity index (χ2v) is 8.29. The molecule has 1 unspecified atom stereocenters. The lowest BCUT2D eigenvalue weighted by Gasteiger charge is -2.38. The molecule has 3 heterocycles. The molecular weight excluding hydrogens is 354 g/mol. The summed E-state index contributed by atoms with van der Waals surface area (Å²) in [6.07, 6.45) is 13.8. The topological polar surface area (TPSA) is 46.5 Å². The monoisotopic (exact) mass is 385 g/mol. The fourth-order valence-corrected chi connectivity index (χ4v) is 4.07. The van der Waals surface area contributed by atoms with Gasteiger partial charge < -0.3 is 9.80 Å². The summed E-state index contributed by atoms with van der Waals surface area (Å²) in [4.78, 5) is 12.2. The average Bonchev–Trinajstić information content (AvgIpc) is 3.19. The van der Waals surface area contributed by atoms with Crippen molar-refractivity contribution in [2.45, 2.75) is 33.1 Å². The molecule has 5 nitrogen and oxygen atoms in total. The summed E-state index contributed by atoms with van der Waals surface area (Å²) >= 11 is 1.64. The number of rotatable bonds is 5. The van der Waals surface area contributed by atoms with Crippen LogP contribution in [0.5, 0.6) is 0 Å². The van der Waals surface area contributed by atoms with E-state index in [1.165, 1.54) is 0 Å². The molecule has 1 atom stereocenters. The van der Waals surface area contributed by atoms with Gasteiger partial charge in [-0.25, -0.2) is 0 Å². The summed E-state index contributed by atoms with van der Waals surface area (Å²) in [6, 6.07) is 0. The smallest absolute Gasteiger partial charge is 0.153 e. The van der Waals surface area contributed by atoms with Crippen LogP contribution in [0.4, 0.5) is 0 Å². The van der Waals surface area contributed by atoms with Gasteiger partial charge in [0.1, 0.15) is 0 Å². The lowest BCUT2D eigenvalue weighted by Crippen LogP contribution is -2.46. The first-order valence-corrected chi connectivity index (χ1v) is 10.8. The predicted molar refractivity (Wildman–Crippen MR) is 115 cm³/mol. The van der Waals surface area contributed by atoms with Gasteiger partial charge in [0.15, 0.2) is 5.84 Å². The van der Waals surface area contributed by atoms with Crippen molar-refractivity contribution in [3.05, 3.63) is 46.7 Å². The lowest BCUT2D eigenvalue weighted by molar-refractivity contribution is 0.190. The Kier molecular flexibility index (Phi) is 6.85. The van der Waals surface area contributed by atoms with E-state index in [1.807, 2.05) is 11.7 Å². The van der Waals surface area contributed by atoms with Gasteiger partial charge in [0.25, 0.3) is 0 Å². The molecule has 0 radical (unpaired) electrons. The van der Waals surface area contributed by atoms with Gasteiger partial charge in [-0.15, -0.1) is 11.3 Å². The molecule has 0 bridgehead atoms. The highest BCUT2D eigenvalue weighted by molar-refractivity contribution is 7.10. The first-order valence-electron chi connectivity index (χ1n) is 9.89. The zero-order valence-electron chi connectivity index (χ0n) is 16.7. The zero-order valence-corrected chi connectivity index (χ0v) is 17.5. The van der Waals surface area contributed by atoms with Gasteiger partial charge in [-0.05, 0) is 25.8 Å². The maximum absolute atomic E-state index is 9.06. The summed E-state index contributed by atoms with van der Waals surface area (Å²) in [5.41, 5.74) is 4.02. The number of allylic oxidation sites excluding steroid dienone is 3. The number of unbranched alkanes of at least 4 members (excludes halogenated alkanes) is 1. The van der Waals surface area contributed by atoms with Crippen molar-refractivity contribution in [1.82, 2.24) is 19.7 Å². The molecule has 1 N–H and O–H groups in total. The quantitative estimate of drug-likeness (QED) is 0.823. The minimum absolute atomic E-state index is 0.416. The molecule has 0 aliphatic carbocycles. The lowest BCUT2D eigenvalue weighted by atomic mass is 10.0. The number of hydrogen-bond acceptors (Lipinski definition) is 5. The molecule has 27 heavy (non-hydrogen) atoms. The van der Waals surface area contributed by atoms with E-state index in [-0.39, 0.29) is 0 Å². The molecule has 146 valence electrons. The van der Waals surface area contributed by atoms with Crippen LogP contribution in [0, 0.1) is 11.3 Å². The molecule has 0 saturated carbocycles. The van der Waals surface area contributed by atoms with Gasteiger partial charge in [0, 0.05) is 38.6 Å². The number of likely N-dealkylation sites (N-methyl/N-ethyl adjacent to an activating group) is 1. The van der Waals surface area contributed by atoms with E-state index in [0.29, 0.717) is 11.8 Å². The molecular formula is C21H31N5S. The number of amidine groups is 1. The van der Waals surface area contributed by atoms with Crippen LogP contribution in [0.25, 0.3) is 5.70 Å². The van der Waals surface area contributed by atoms with Gasteiger partial charge in [0.05, 0.1) is 21.8 Å². The fourth-order valence-electron chi connectivity index (χ4n) is 3.43. The van der Waals surface area contributed by atoms with E-state index in [4.69, 9.17) is 5.41 Å². The Labute approximate surface area is 167 Å². The summed E-state index contributed by atoms with van der Waals surface area (Å²) in [6.45, 7) is 8.48. The Morgan fingerprint density at radius 3 is 2.70 bits per heavy atom. The van der Waals surface area contributed by atoms with E-state index in [0.717, 1.165) is 61.7 Å². The highest BCUT2D eigenvalue weighted by atomic mass is 32.1. The van der Waals surface area contributed by atoms with E-state index in [1.54, 1.807) is 11.3 Å². The molecule has 0 aromatic carbocycles. The Morgan fingerprint density at radius 1 is 1.26 bits per heavy atom. The number of hydrogen-bond donors (Lipinski definition) is 1. The van der Waals surface area contributed by atoms with Crippen LogP contribution in [-0.2, 0) is 0 Å². The third kappa shape index (κ3) is 4.87. The largest absolute Gasteiger partial charge is 0.366 e. The second kappa shape index (κ2) is 9.33. The molecule has 2 aliphatic heterocycles. The SMILES string of the molecule is CCCC=CN1C(=N)C(N2CCN(C)CC2)=CCC(C)C=C1c1cncs1. The van der Waals surface area contributed by atoms with Crippen molar-refractivity contribution in [1.29, 1.82) is 5.41 Å². The van der Waals surface area contributed by atoms with Crippen LogP contribution in [0.2, 0.25) is 0 Å². The second-order valence-electron chi connectivity index (χ2n) is 7.40. The summed E-state index contributed by atoms with van der Waals surface area (Å²) in [5, 5.41) is 9.06. The Balaban J connectivity index is 1.95. The molecule has 1 aromatic heterocycles. The maximum atomic E-state index is 9.06. The van der Waals surface area contributed by atoms with Crippen LogP contribution in [0.1, 0.15) is 38.0 Å². The Hall–Kier alpha value is -1.92. The number of piperazine rings is 1. The van der Waals surface area contributed by atoms with Crippen LogP contribution in [0.3, 0.4) is 0 Å². The molecule has 1 fully saturated rings. The summed E-state index contributed by atoms with van der Waals surface area (Å²) < 4.78 is 0. The van der Waals surface area contributed by atoms with Crippen molar-refractivity contribution < 1.29 is 0 Å². The molecule has 1 aromatic rings. The van der Waals surface area contributed by atoms with Gasteiger partial charge >= 0.3 is 0 Å². The fraction of sp³-hybridized carbons (Fsp3) is 0.524. The molecule has 6 heteroatoms. The highest BCUT2D eigenvalue weighted by Gasteiger charge is 2.26. The van der Waals surface area contributed by atoms with Crippen molar-refractivity contribution in [3.63, 3.8) is 0 Å². The average molecular weight is 386 g/mol. The molecule has 0 spiro atoms. The maximum Gasteiger partial charge on any atom is 0.153 e. The van der Waals surface area contributed by atoms with Gasteiger partial charge in [-0.2, -0.15) is 0 Å². The van der Waals surface area contributed by atoms with Crippen LogP contribution >= 0.6 is 11.3 Å². The number of aromatic nitrogens is 1. The van der Waals surface area contributed by atoms with Crippen molar-refractivity contribution in [2.24, 2.45) is 5.92 Å². The predicted octanol–water partition coefficient (Wildman–Crippen LogP) is 4.25. The molecule has 1 saturated heterocycles. The first-order chi connectivity index (χ1) is 13.1. The van der Waals surface area contributed by atoms with Gasteiger partial charge in [-0.3, -0.25) is 15.3 Å². The summed E-state index contributed by atoms with van der Waals surface area (Å²) in [5.74, 6) is 0.984. The highest BCUT2D eigenvalue weighted by Crippen LogP contribution is 2.30. The third-order valence-electron chi connectivity index (χ3n) is 5.11. The molecule has 2 aliphatic rings. The van der Waals surface area contributed by atoms with Crippen LogP contribution in [-0.4, -0.2) is 58.7 Å². The minimum Gasteiger partial charge on any atom is -0.366 e. The number of nitrogens with one attached hydrogen (secondary N) is 1. The number of thiazole rings is 1. The normalized spacial score (nSPS) is 22.6. The van der Waals surface area contributed by atoms with E-state index < -0.39 is 0 Å². The van der Waals surface area contributed by atoms with Crippen molar-refractivity contribution >= 4 is 22.9 Å². The zero-order chi connectivity index (χ0) is 19.2. The van der Waals surface area contributed by atoms with Crippen molar-refractivity contribution in [3.8, 4) is 0 Å². The van der Waals surface area contributed by atoms with Crippen molar-refractivity contribution in [2.75, 3.05) is 33.2 Å². The standard InChI is InChI=1S/C21H31N5S/c1-4-5-6-9-26-19(20-15-23-16-27-20)14-17(2)7-8-18(21(26)22)25-12-10-24(3)11-13-25/h6,8-9,14-17,22H,4-5,7,10-13H2,1-3H3. The Morgan fingerprint density at radius 2 is 2.04 bits per heavy atom.